The molecule has 8 heteroatoms. The lowest BCUT2D eigenvalue weighted by molar-refractivity contribution is -0.135. The Bertz CT molecular complexity index is 659. The number of carboxylic acid groups (broad SMARTS) is 2. The van der Waals surface area contributed by atoms with Gasteiger partial charge in [0.25, 0.3) is 11.9 Å². The first kappa shape index (κ1) is 20.8. The summed E-state index contributed by atoms with van der Waals surface area (Å²) in [4.78, 5) is 41.5. The van der Waals surface area contributed by atoms with Crippen molar-refractivity contribution in [2.24, 2.45) is 0 Å². The number of carboxylic acids is 2. The summed E-state index contributed by atoms with van der Waals surface area (Å²) in [5.74, 6) is -4.81. The molecule has 2 rings (SSSR count). The van der Waals surface area contributed by atoms with Crippen LogP contribution < -0.4 is 0 Å². The Morgan fingerprint density at radius 2 is 0.958 bits per heavy atom. The number of aliphatic hydroxyl groups excluding tert-OH is 2. The third-order valence-electron chi connectivity index (χ3n) is 2.73. The molecule has 1 aromatic carbocycles. The van der Waals surface area contributed by atoms with Gasteiger partial charge < -0.3 is 20.4 Å². The van der Waals surface area contributed by atoms with Crippen LogP contribution in [0, 0.1) is 13.8 Å². The summed E-state index contributed by atoms with van der Waals surface area (Å²) in [6.45, 7) is 5.53. The van der Waals surface area contributed by atoms with Gasteiger partial charge in [-0.1, -0.05) is 12.1 Å². The van der Waals surface area contributed by atoms with Gasteiger partial charge >= 0.3 is 0 Å². The fourth-order valence-electron chi connectivity index (χ4n) is 1.85. The van der Waals surface area contributed by atoms with E-state index in [2.05, 4.69) is 0 Å². The Labute approximate surface area is 137 Å². The minimum absolute atomic E-state index is 0.181. The Morgan fingerprint density at radius 1 is 0.750 bits per heavy atom. The van der Waals surface area contributed by atoms with Crippen molar-refractivity contribution in [3.8, 4) is 0 Å². The predicted octanol–water partition coefficient (Wildman–Crippen LogP) is 2.19. The Kier molecular flexibility index (Phi) is 7.35. The molecule has 0 aliphatic heterocycles. The van der Waals surface area contributed by atoms with Crippen LogP contribution in [0.2, 0.25) is 0 Å². The van der Waals surface area contributed by atoms with E-state index in [9.17, 15) is 19.8 Å². The van der Waals surface area contributed by atoms with Gasteiger partial charge in [-0.3, -0.25) is 19.2 Å². The third kappa shape index (κ3) is 5.24. The van der Waals surface area contributed by atoms with Crippen LogP contribution in [0.4, 0.5) is 0 Å². The second-order valence-corrected chi connectivity index (χ2v) is 4.84. The number of aliphatic hydroxyl groups is 2. The van der Waals surface area contributed by atoms with E-state index in [1.807, 2.05) is 0 Å². The molecule has 0 saturated heterocycles. The molecule has 0 heterocycles. The van der Waals surface area contributed by atoms with E-state index in [0.717, 1.165) is 13.8 Å². The number of aryl methyl sites for hydroxylation is 2. The largest absolute Gasteiger partial charge is 0.501 e. The van der Waals surface area contributed by atoms with E-state index in [1.165, 1.54) is 0 Å². The predicted molar refractivity (Wildman–Crippen MR) is 83.5 cm³/mol. The summed E-state index contributed by atoms with van der Waals surface area (Å²) >= 11 is 0. The Morgan fingerprint density at radius 3 is 1.17 bits per heavy atom. The summed E-state index contributed by atoms with van der Waals surface area (Å²) in [6.07, 6.45) is 0. The molecule has 0 spiro atoms. The van der Waals surface area contributed by atoms with Crippen LogP contribution >= 0.6 is 0 Å². The number of benzene rings is 1. The van der Waals surface area contributed by atoms with Gasteiger partial charge in [0, 0.05) is 25.0 Å². The number of ketones is 2. The number of fused-ring (bicyclic) bond motifs is 1. The Hall–Kier alpha value is -3.16. The topological polar surface area (TPSA) is 149 Å². The highest BCUT2D eigenvalue weighted by atomic mass is 16.4. The van der Waals surface area contributed by atoms with Crippen molar-refractivity contribution in [1.82, 2.24) is 0 Å². The summed E-state index contributed by atoms with van der Waals surface area (Å²) in [5, 5.41) is 33.5. The Balaban J connectivity index is 0.000000558. The number of allylic oxidation sites excluding steroid dienone is 2. The lowest BCUT2D eigenvalue weighted by Crippen LogP contribution is -2.24. The normalized spacial score (nSPS) is 12.3. The van der Waals surface area contributed by atoms with Crippen molar-refractivity contribution in [1.29, 1.82) is 0 Å². The van der Waals surface area contributed by atoms with Gasteiger partial charge in [-0.25, -0.2) is 0 Å². The molecule has 0 aromatic heterocycles. The monoisotopic (exact) mass is 338 g/mol. The van der Waals surface area contributed by atoms with Crippen molar-refractivity contribution in [2.75, 3.05) is 0 Å². The average molecular weight is 338 g/mol. The lowest BCUT2D eigenvalue weighted by Gasteiger charge is -2.17. The zero-order chi connectivity index (χ0) is 19.2. The van der Waals surface area contributed by atoms with Crippen molar-refractivity contribution in [3.05, 3.63) is 45.9 Å². The van der Waals surface area contributed by atoms with Crippen LogP contribution in [0.1, 0.15) is 45.7 Å². The van der Waals surface area contributed by atoms with Gasteiger partial charge in [0.05, 0.1) is 0 Å². The van der Waals surface area contributed by atoms with E-state index in [0.29, 0.717) is 11.1 Å². The van der Waals surface area contributed by atoms with E-state index in [1.54, 1.807) is 26.0 Å². The molecule has 0 amide bonds. The van der Waals surface area contributed by atoms with E-state index in [-0.39, 0.29) is 11.1 Å². The number of carbonyl (C=O) groups is 4. The SMILES string of the molecule is CC(=O)O.CC(=O)O.Cc1ccc(C)c2c1C(=O)C(O)=C(O)C2=O. The van der Waals surface area contributed by atoms with Crippen LogP contribution in [0.25, 0.3) is 0 Å². The standard InChI is InChI=1S/C12H10O4.2C2H4O2/c1-5-3-4-6(2)8-7(5)9(13)11(15)12(16)10(8)14;2*1-2(3)4/h3-4,15-16H,1-2H3;2*1H3,(H,3,4). The maximum absolute atomic E-state index is 11.7. The quantitative estimate of drug-likeness (QED) is 0.562. The van der Waals surface area contributed by atoms with E-state index >= 15 is 0 Å². The molecule has 130 valence electrons. The second-order valence-electron chi connectivity index (χ2n) is 4.84. The maximum Gasteiger partial charge on any atom is 0.300 e. The summed E-state index contributed by atoms with van der Waals surface area (Å²) in [5.41, 5.74) is 1.58. The molecule has 1 aromatic rings. The zero-order valence-electron chi connectivity index (χ0n) is 13.6. The molecule has 0 fully saturated rings. The molecule has 0 bridgehead atoms. The molecule has 8 nitrogen and oxygen atoms in total. The number of aliphatic carboxylic acids is 2. The van der Waals surface area contributed by atoms with E-state index < -0.39 is 35.0 Å². The summed E-state index contributed by atoms with van der Waals surface area (Å²) in [7, 11) is 0. The number of rotatable bonds is 0. The highest BCUT2D eigenvalue weighted by molar-refractivity contribution is 6.26. The fraction of sp³-hybridized carbons (Fsp3) is 0.250. The first-order chi connectivity index (χ1) is 10.9. The van der Waals surface area contributed by atoms with Gasteiger partial charge in [0.2, 0.25) is 23.1 Å². The van der Waals surface area contributed by atoms with Crippen LogP contribution in [-0.4, -0.2) is 43.9 Å². The van der Waals surface area contributed by atoms with Gasteiger partial charge in [-0.15, -0.1) is 0 Å². The molecular formula is C16H18O8. The number of carbonyl (C=O) groups excluding carboxylic acids is 2. The van der Waals surface area contributed by atoms with Crippen LogP contribution in [0.3, 0.4) is 0 Å². The zero-order valence-corrected chi connectivity index (χ0v) is 13.6. The molecule has 4 N–H and O–H groups in total. The van der Waals surface area contributed by atoms with Gasteiger partial charge in [-0.05, 0) is 25.0 Å². The average Bonchev–Trinajstić information content (AvgIpc) is 2.44. The molecule has 1 aliphatic carbocycles. The molecule has 0 radical (unpaired) electrons. The third-order valence-corrected chi connectivity index (χ3v) is 2.73. The molecule has 0 saturated carbocycles. The second kappa shape index (κ2) is 8.47. The highest BCUT2D eigenvalue weighted by Crippen LogP contribution is 2.28. The van der Waals surface area contributed by atoms with Crippen molar-refractivity contribution in [2.45, 2.75) is 27.7 Å². The highest BCUT2D eigenvalue weighted by Gasteiger charge is 2.34. The number of Topliss-reactive ketones (excluding diaryl/α,β-unsaturated/α-hetero) is 2. The molecule has 0 atom stereocenters. The van der Waals surface area contributed by atoms with E-state index in [4.69, 9.17) is 19.8 Å². The van der Waals surface area contributed by atoms with Gasteiger partial charge in [-0.2, -0.15) is 0 Å². The first-order valence-corrected chi connectivity index (χ1v) is 6.62. The maximum atomic E-state index is 11.7. The minimum Gasteiger partial charge on any atom is -0.501 e. The van der Waals surface area contributed by atoms with Crippen molar-refractivity contribution >= 4 is 23.5 Å². The van der Waals surface area contributed by atoms with Crippen molar-refractivity contribution < 1.29 is 39.6 Å². The lowest BCUT2D eigenvalue weighted by atomic mass is 9.86. The minimum atomic E-state index is -0.869. The summed E-state index contributed by atoms with van der Waals surface area (Å²) < 4.78 is 0. The molecule has 1 aliphatic rings. The molecule has 0 unspecified atom stereocenters. The fourth-order valence-corrected chi connectivity index (χ4v) is 1.85. The van der Waals surface area contributed by atoms with Crippen molar-refractivity contribution in [3.63, 3.8) is 0 Å². The molecular weight excluding hydrogens is 320 g/mol. The smallest absolute Gasteiger partial charge is 0.300 e. The van der Waals surface area contributed by atoms with Gasteiger partial charge in [0.1, 0.15) is 0 Å². The number of hydrogen-bond donors (Lipinski definition) is 4. The van der Waals surface area contributed by atoms with Crippen LogP contribution in [0.15, 0.2) is 23.7 Å². The van der Waals surface area contributed by atoms with Crippen LogP contribution in [-0.2, 0) is 9.59 Å². The van der Waals surface area contributed by atoms with Crippen LogP contribution in [0.5, 0.6) is 0 Å². The molecule has 24 heavy (non-hydrogen) atoms. The first-order valence-electron chi connectivity index (χ1n) is 6.62. The van der Waals surface area contributed by atoms with Gasteiger partial charge in [0.15, 0.2) is 0 Å². The summed E-state index contributed by atoms with van der Waals surface area (Å²) in [6, 6.07) is 3.41. The number of hydrogen-bond acceptors (Lipinski definition) is 6.